The van der Waals surface area contributed by atoms with Crippen LogP contribution < -0.4 is 9.47 Å². The third-order valence-electron chi connectivity index (χ3n) is 20.8. The number of benzene rings is 8. The number of unbranched alkanes of at least 4 members (excludes halogenated alkanes) is 4. The first-order chi connectivity index (χ1) is 45.7. The van der Waals surface area contributed by atoms with Crippen LogP contribution >= 0.6 is 10.0 Å². The Kier molecular flexibility index (Phi) is 21.4. The van der Waals surface area contributed by atoms with E-state index >= 15 is 0 Å². The first kappa shape index (κ1) is 72.6. The number of ether oxygens (including phenoxy) is 2. The molecule has 0 saturated heterocycles. The molecule has 518 valence electrons. The fraction of sp³-hybridized carbons (Fsp3) is 0.467. The second-order valence-electron chi connectivity index (χ2n) is 34.1. The minimum absolute atomic E-state index is 0.0337. The topological polar surface area (TPSA) is 68.8 Å². The Hall–Kier alpha value is -7.09. The summed E-state index contributed by atoms with van der Waals surface area (Å²) in [6.07, 6.45) is 14.6. The van der Waals surface area contributed by atoms with E-state index in [9.17, 15) is 10.2 Å². The van der Waals surface area contributed by atoms with Gasteiger partial charge in [-0.3, -0.25) is 0 Å². The molecule has 0 bridgehead atoms. The van der Waals surface area contributed by atoms with Crippen molar-refractivity contribution >= 4 is 53.6 Å². The van der Waals surface area contributed by atoms with Crippen LogP contribution in [0.25, 0.3) is 77.2 Å². The normalized spacial score (nSPS) is 13.2. The maximum atomic E-state index is 13.5. The van der Waals surface area contributed by atoms with Gasteiger partial charge in [0, 0.05) is 43.8 Å². The molecule has 2 aromatic heterocycles. The lowest BCUT2D eigenvalue weighted by molar-refractivity contribution is 0.283. The SMILES string of the molecule is CCCCc1ccc(OCS(COc2ccc(CCCC)cc2-c2cc(C(C)(C)CC(C)(C)C)cc(-n3c4ccccc4c4cc(CCCC)ccc43)c2O)(C(C)(C)C)C(C)(C)C)c(-c2cc(C(C)(C)CC(C)(C)C)cc(-n3c4ccccc4c4cc(CCCC)ccc43)c2O)c1. The van der Waals surface area contributed by atoms with E-state index in [1.165, 1.54) is 54.9 Å². The van der Waals surface area contributed by atoms with Gasteiger partial charge in [-0.05, 0) is 214 Å². The molecule has 0 radical (unpaired) electrons. The highest BCUT2D eigenvalue weighted by Gasteiger charge is 2.48. The molecule has 0 spiro atoms. The second kappa shape index (κ2) is 28.6. The summed E-state index contributed by atoms with van der Waals surface area (Å²) in [5.41, 5.74) is 16.2. The predicted molar refractivity (Wildman–Crippen MR) is 422 cm³/mol. The highest BCUT2D eigenvalue weighted by atomic mass is 32.3. The number of aromatic nitrogens is 2. The molecule has 0 amide bonds. The molecule has 0 atom stereocenters. The minimum atomic E-state index is -1.98. The van der Waals surface area contributed by atoms with Gasteiger partial charge in [0.1, 0.15) is 34.9 Å². The van der Waals surface area contributed by atoms with Crippen LogP contribution in [0.5, 0.6) is 23.0 Å². The van der Waals surface area contributed by atoms with Gasteiger partial charge in [0.15, 0.2) is 0 Å². The number of aryl methyl sites for hydroxylation is 4. The highest BCUT2D eigenvalue weighted by molar-refractivity contribution is 8.35. The largest absolute Gasteiger partial charge is 0.505 e. The summed E-state index contributed by atoms with van der Waals surface area (Å²) in [7, 11) is -1.98. The molecule has 2 heterocycles. The van der Waals surface area contributed by atoms with Crippen LogP contribution in [-0.2, 0) is 36.5 Å². The van der Waals surface area contributed by atoms with E-state index in [1.807, 2.05) is 0 Å². The molecule has 0 aliphatic carbocycles. The summed E-state index contributed by atoms with van der Waals surface area (Å²) in [6, 6.07) is 53.9. The average molecular weight is 1320 g/mol. The van der Waals surface area contributed by atoms with E-state index in [0.717, 1.165) is 157 Å². The summed E-state index contributed by atoms with van der Waals surface area (Å²) in [4.78, 5) is 0. The number of para-hydroxylation sites is 2. The minimum Gasteiger partial charge on any atom is -0.505 e. The van der Waals surface area contributed by atoms with Crippen LogP contribution in [0.1, 0.15) is 236 Å². The quantitative estimate of drug-likeness (QED) is 0.0567. The van der Waals surface area contributed by atoms with Crippen molar-refractivity contribution in [1.29, 1.82) is 0 Å². The van der Waals surface area contributed by atoms with E-state index < -0.39 is 10.0 Å². The zero-order valence-corrected chi connectivity index (χ0v) is 64.0. The van der Waals surface area contributed by atoms with Gasteiger partial charge in [0.05, 0.1) is 33.4 Å². The maximum Gasteiger partial charge on any atom is 0.147 e. The molecule has 10 rings (SSSR count). The number of nitrogens with zero attached hydrogens (tertiary/aromatic N) is 2. The van der Waals surface area contributed by atoms with Gasteiger partial charge < -0.3 is 28.8 Å². The lowest BCUT2D eigenvalue weighted by atomic mass is 9.71. The molecule has 0 fully saturated rings. The van der Waals surface area contributed by atoms with E-state index in [0.29, 0.717) is 11.9 Å². The van der Waals surface area contributed by atoms with Gasteiger partial charge in [-0.15, -0.1) is 0 Å². The van der Waals surface area contributed by atoms with Gasteiger partial charge in [-0.25, -0.2) is 0 Å². The van der Waals surface area contributed by atoms with Crippen LogP contribution in [0, 0.1) is 10.8 Å². The summed E-state index contributed by atoms with van der Waals surface area (Å²) >= 11 is 0. The van der Waals surface area contributed by atoms with Crippen molar-refractivity contribution in [2.45, 2.75) is 249 Å². The maximum absolute atomic E-state index is 13.5. The predicted octanol–water partition coefficient (Wildman–Crippen LogP) is 26.2. The van der Waals surface area contributed by atoms with E-state index in [2.05, 4.69) is 293 Å². The smallest absolute Gasteiger partial charge is 0.147 e. The van der Waals surface area contributed by atoms with Crippen LogP contribution in [0.2, 0.25) is 0 Å². The first-order valence-electron chi connectivity index (χ1n) is 36.8. The molecule has 10 aromatic rings. The number of phenolic OH excluding ortho intramolecular Hbond substituents is 2. The molecule has 0 aliphatic rings. The summed E-state index contributed by atoms with van der Waals surface area (Å²) in [5.74, 6) is 2.77. The van der Waals surface area contributed by atoms with Crippen LogP contribution in [0.15, 0.2) is 146 Å². The molecule has 97 heavy (non-hydrogen) atoms. The van der Waals surface area contributed by atoms with Crippen molar-refractivity contribution in [2.75, 3.05) is 11.9 Å². The zero-order valence-electron chi connectivity index (χ0n) is 63.2. The van der Waals surface area contributed by atoms with Gasteiger partial charge in [0.25, 0.3) is 0 Å². The number of fused-ring (bicyclic) bond motifs is 6. The highest BCUT2D eigenvalue weighted by Crippen LogP contribution is 2.68. The Labute approximate surface area is 585 Å². The van der Waals surface area contributed by atoms with Crippen LogP contribution in [0.3, 0.4) is 0 Å². The molecule has 8 aromatic carbocycles. The third kappa shape index (κ3) is 15.4. The van der Waals surface area contributed by atoms with Crippen molar-refractivity contribution in [3.8, 4) is 56.6 Å². The lowest BCUT2D eigenvalue weighted by Crippen LogP contribution is -2.44. The van der Waals surface area contributed by atoms with Crippen LogP contribution in [-0.4, -0.2) is 40.7 Å². The molecule has 0 unspecified atom stereocenters. The number of hydrogen-bond donors (Lipinski definition) is 2. The van der Waals surface area contributed by atoms with Crippen molar-refractivity contribution < 1.29 is 19.7 Å². The standard InChI is InChI=1S/C90H118N2O4S/c1-21-25-33-61-41-45-77-69(49-61)67-37-29-31-39-75(67)91(77)79-55-65(89(17,18)57-85(5,6)7)53-73(83(79)93)71-51-63(35-27-23-3)43-47-81(71)95-59-97(87(11,12)13,88(14,15)16)60-96-82-48-44-64(36-28-24-4)52-72(82)74-54-66(90(19,20)58-86(8,9)10)56-80(84(74)94)92-76-40-32-30-38-68(76)70-50-62(34-26-22-2)42-46-78(70)92/h29-32,37-56,93-94H,21-28,33-36,57-60H2,1-20H3. The van der Waals surface area contributed by atoms with Gasteiger partial charge in [0.2, 0.25) is 0 Å². The second-order valence-corrected chi connectivity index (χ2v) is 38.8. The molecule has 6 nitrogen and oxygen atoms in total. The molecule has 0 saturated carbocycles. The van der Waals surface area contributed by atoms with Gasteiger partial charge in [-0.2, -0.15) is 10.0 Å². The first-order valence-corrected chi connectivity index (χ1v) is 38.8. The van der Waals surface area contributed by atoms with E-state index in [1.54, 1.807) is 0 Å². The Morgan fingerprint density at radius 2 is 0.670 bits per heavy atom. The average Bonchev–Trinajstić information content (AvgIpc) is 1.69. The summed E-state index contributed by atoms with van der Waals surface area (Å²) < 4.78 is 19.4. The van der Waals surface area contributed by atoms with E-state index in [-0.39, 0.29) is 42.7 Å². The summed E-state index contributed by atoms with van der Waals surface area (Å²) in [6.45, 7) is 46.7. The monoisotopic (exact) mass is 1320 g/mol. The Bertz CT molecular complexity index is 4140. The van der Waals surface area contributed by atoms with E-state index in [4.69, 9.17) is 9.47 Å². The fourth-order valence-electron chi connectivity index (χ4n) is 16.1. The van der Waals surface area contributed by atoms with Gasteiger partial charge >= 0.3 is 0 Å². The Morgan fingerprint density at radius 1 is 0.351 bits per heavy atom. The molecular formula is C90H118N2O4S. The van der Waals surface area contributed by atoms with Gasteiger partial charge in [-0.1, -0.05) is 225 Å². The number of hydrogen-bond acceptors (Lipinski definition) is 4. The lowest BCUT2D eigenvalue weighted by Gasteiger charge is -2.57. The third-order valence-corrected chi connectivity index (χ3v) is 26.5. The van der Waals surface area contributed by atoms with Crippen LogP contribution in [0.4, 0.5) is 0 Å². The molecule has 7 heteroatoms. The van der Waals surface area contributed by atoms with Crippen molar-refractivity contribution in [3.05, 3.63) is 179 Å². The molecule has 0 aliphatic heterocycles. The summed E-state index contributed by atoms with van der Waals surface area (Å²) in [5, 5.41) is 31.8. The Morgan fingerprint density at radius 3 is 1.00 bits per heavy atom. The Balaban J connectivity index is 1.14. The number of rotatable bonds is 26. The molecular weight excluding hydrogens is 1210 g/mol. The molecule has 2 N–H and O–H groups in total. The fourth-order valence-corrected chi connectivity index (χ4v) is 20.1. The number of aromatic hydroxyl groups is 2. The number of phenols is 2. The van der Waals surface area contributed by atoms with Crippen molar-refractivity contribution in [1.82, 2.24) is 9.13 Å². The van der Waals surface area contributed by atoms with Crippen molar-refractivity contribution in [3.63, 3.8) is 0 Å². The zero-order chi connectivity index (χ0) is 70.2. The van der Waals surface area contributed by atoms with Crippen molar-refractivity contribution in [2.24, 2.45) is 10.8 Å².